The van der Waals surface area contributed by atoms with Crippen molar-refractivity contribution >= 4 is 17.5 Å². The van der Waals surface area contributed by atoms with Crippen molar-refractivity contribution in [3.63, 3.8) is 0 Å². The normalized spacial score (nSPS) is 12.0. The molecule has 25 heavy (non-hydrogen) atoms. The van der Waals surface area contributed by atoms with Gasteiger partial charge in [-0.2, -0.15) is 0 Å². The summed E-state index contributed by atoms with van der Waals surface area (Å²) in [6.45, 7) is 1.80. The predicted molar refractivity (Wildman–Crippen MR) is 93.0 cm³/mol. The van der Waals surface area contributed by atoms with Gasteiger partial charge < -0.3 is 14.9 Å². The van der Waals surface area contributed by atoms with E-state index in [0.29, 0.717) is 27.5 Å². The minimum atomic E-state index is -0.924. The van der Waals surface area contributed by atoms with Gasteiger partial charge in [0.1, 0.15) is 5.69 Å². The Hall–Kier alpha value is -2.70. The molecule has 2 aromatic heterocycles. The number of nitrogens with zero attached hydrogens (tertiary/aromatic N) is 2. The summed E-state index contributed by atoms with van der Waals surface area (Å²) in [6.07, 6.45) is 0.725. The third kappa shape index (κ3) is 3.87. The van der Waals surface area contributed by atoms with Crippen LogP contribution in [0.2, 0.25) is 5.02 Å². The SMILES string of the molecule is CC(O)c1c(-c2ccc(Cl)cc2)noc1C(=O)NCc1ccccn1. The molecule has 0 spiro atoms. The van der Waals surface area contributed by atoms with E-state index in [1.807, 2.05) is 6.07 Å². The van der Waals surface area contributed by atoms with Crippen LogP contribution in [0.3, 0.4) is 0 Å². The molecular formula is C18H16ClN3O3. The summed E-state index contributed by atoms with van der Waals surface area (Å²) in [4.78, 5) is 16.6. The predicted octanol–water partition coefficient (Wildman–Crippen LogP) is 3.37. The minimum absolute atomic E-state index is 0.0177. The summed E-state index contributed by atoms with van der Waals surface area (Å²) < 4.78 is 5.22. The molecule has 6 nitrogen and oxygen atoms in total. The topological polar surface area (TPSA) is 88.2 Å². The summed E-state index contributed by atoms with van der Waals surface area (Å²) in [7, 11) is 0. The standard InChI is InChI=1S/C18H16ClN3O3/c1-11(23)15-16(12-5-7-13(19)8-6-12)22-25-17(15)18(24)21-10-14-4-2-3-9-20-14/h2-9,11,23H,10H2,1H3,(H,21,24). The molecule has 0 fully saturated rings. The molecule has 0 radical (unpaired) electrons. The number of hydrogen-bond acceptors (Lipinski definition) is 5. The van der Waals surface area contributed by atoms with Crippen LogP contribution in [0, 0.1) is 0 Å². The minimum Gasteiger partial charge on any atom is -0.388 e. The van der Waals surface area contributed by atoms with Gasteiger partial charge in [0.2, 0.25) is 5.76 Å². The number of pyridine rings is 1. The van der Waals surface area contributed by atoms with Crippen LogP contribution in [0.4, 0.5) is 0 Å². The van der Waals surface area contributed by atoms with Crippen LogP contribution in [0.15, 0.2) is 53.2 Å². The second-order valence-corrected chi connectivity index (χ2v) is 5.90. The number of rotatable bonds is 5. The number of halogens is 1. The summed E-state index contributed by atoms with van der Waals surface area (Å²) >= 11 is 5.89. The maximum atomic E-state index is 12.4. The second-order valence-electron chi connectivity index (χ2n) is 5.46. The van der Waals surface area contributed by atoms with Gasteiger partial charge in [0.05, 0.1) is 23.9 Å². The Labute approximate surface area is 149 Å². The molecule has 3 rings (SSSR count). The van der Waals surface area contributed by atoms with Crippen molar-refractivity contribution in [3.8, 4) is 11.3 Å². The van der Waals surface area contributed by atoms with Crippen LogP contribution in [-0.2, 0) is 6.54 Å². The lowest BCUT2D eigenvalue weighted by atomic mass is 10.0. The van der Waals surface area contributed by atoms with Crippen LogP contribution in [0.25, 0.3) is 11.3 Å². The van der Waals surface area contributed by atoms with Gasteiger partial charge in [0, 0.05) is 16.8 Å². The Kier molecular flexibility index (Phi) is 5.11. The largest absolute Gasteiger partial charge is 0.388 e. The number of hydrogen-bond donors (Lipinski definition) is 2. The van der Waals surface area contributed by atoms with E-state index in [2.05, 4.69) is 15.5 Å². The molecule has 0 aliphatic heterocycles. The molecule has 0 aliphatic rings. The summed E-state index contributed by atoms with van der Waals surface area (Å²) in [6, 6.07) is 12.4. The monoisotopic (exact) mass is 357 g/mol. The van der Waals surface area contributed by atoms with Crippen molar-refractivity contribution < 1.29 is 14.4 Å². The molecule has 3 aromatic rings. The number of aromatic nitrogens is 2. The van der Waals surface area contributed by atoms with Crippen LogP contribution >= 0.6 is 11.6 Å². The zero-order valence-corrected chi connectivity index (χ0v) is 14.2. The van der Waals surface area contributed by atoms with Crippen molar-refractivity contribution in [3.05, 3.63) is 70.7 Å². The Morgan fingerprint density at radius 1 is 1.28 bits per heavy atom. The van der Waals surface area contributed by atoms with Gasteiger partial charge in [-0.3, -0.25) is 9.78 Å². The Balaban J connectivity index is 1.86. The lowest BCUT2D eigenvalue weighted by molar-refractivity contribution is 0.0905. The third-order valence-electron chi connectivity index (χ3n) is 3.63. The number of amides is 1. The molecule has 7 heteroatoms. The average molecular weight is 358 g/mol. The molecule has 0 aliphatic carbocycles. The molecule has 1 atom stereocenters. The molecule has 128 valence electrons. The quantitative estimate of drug-likeness (QED) is 0.730. The smallest absolute Gasteiger partial charge is 0.290 e. The number of carbonyl (C=O) groups excluding carboxylic acids is 1. The Morgan fingerprint density at radius 2 is 2.04 bits per heavy atom. The molecular weight excluding hydrogens is 342 g/mol. The highest BCUT2D eigenvalue weighted by atomic mass is 35.5. The number of benzene rings is 1. The average Bonchev–Trinajstić information content (AvgIpc) is 3.06. The maximum absolute atomic E-state index is 12.4. The van der Waals surface area contributed by atoms with Gasteiger partial charge in [-0.05, 0) is 31.2 Å². The molecule has 0 saturated carbocycles. The Morgan fingerprint density at radius 3 is 2.68 bits per heavy atom. The van der Waals surface area contributed by atoms with Gasteiger partial charge in [-0.25, -0.2) is 0 Å². The van der Waals surface area contributed by atoms with Crippen molar-refractivity contribution in [2.75, 3.05) is 0 Å². The second kappa shape index (κ2) is 7.46. The van der Waals surface area contributed by atoms with Crippen molar-refractivity contribution in [2.24, 2.45) is 0 Å². The van der Waals surface area contributed by atoms with E-state index in [1.54, 1.807) is 49.5 Å². The Bertz CT molecular complexity index is 861. The van der Waals surface area contributed by atoms with Gasteiger partial charge in [0.25, 0.3) is 5.91 Å². The highest BCUT2D eigenvalue weighted by Gasteiger charge is 2.26. The van der Waals surface area contributed by atoms with Crippen LogP contribution in [-0.4, -0.2) is 21.2 Å². The maximum Gasteiger partial charge on any atom is 0.290 e. The molecule has 0 saturated heterocycles. The first kappa shape index (κ1) is 17.1. The van der Waals surface area contributed by atoms with Crippen LogP contribution in [0.1, 0.15) is 34.8 Å². The molecule has 0 bridgehead atoms. The first-order chi connectivity index (χ1) is 12.1. The van der Waals surface area contributed by atoms with Crippen LogP contribution in [0.5, 0.6) is 0 Å². The first-order valence-corrected chi connectivity index (χ1v) is 8.05. The van der Waals surface area contributed by atoms with E-state index in [-0.39, 0.29) is 12.3 Å². The summed E-state index contributed by atoms with van der Waals surface area (Å²) in [5, 5.41) is 17.4. The first-order valence-electron chi connectivity index (χ1n) is 7.68. The number of carbonyl (C=O) groups is 1. The molecule has 1 unspecified atom stereocenters. The van der Waals surface area contributed by atoms with Gasteiger partial charge in [0.15, 0.2) is 0 Å². The van der Waals surface area contributed by atoms with E-state index < -0.39 is 12.0 Å². The fraction of sp³-hybridized carbons (Fsp3) is 0.167. The fourth-order valence-corrected chi connectivity index (χ4v) is 2.54. The molecule has 1 amide bonds. The summed E-state index contributed by atoms with van der Waals surface area (Å²) in [5.41, 5.74) is 2.16. The molecule has 2 N–H and O–H groups in total. The van der Waals surface area contributed by atoms with E-state index in [9.17, 15) is 9.90 Å². The zero-order valence-electron chi connectivity index (χ0n) is 13.4. The van der Waals surface area contributed by atoms with E-state index >= 15 is 0 Å². The number of aliphatic hydroxyl groups is 1. The number of aliphatic hydroxyl groups excluding tert-OH is 1. The van der Waals surface area contributed by atoms with Crippen molar-refractivity contribution in [1.82, 2.24) is 15.5 Å². The van der Waals surface area contributed by atoms with Crippen LogP contribution < -0.4 is 5.32 Å². The van der Waals surface area contributed by atoms with Crippen molar-refractivity contribution in [1.29, 1.82) is 0 Å². The molecule has 1 aromatic carbocycles. The highest BCUT2D eigenvalue weighted by molar-refractivity contribution is 6.30. The molecule has 2 heterocycles. The van der Waals surface area contributed by atoms with Gasteiger partial charge in [-0.15, -0.1) is 0 Å². The van der Waals surface area contributed by atoms with E-state index in [4.69, 9.17) is 16.1 Å². The lowest BCUT2D eigenvalue weighted by Crippen LogP contribution is -2.24. The van der Waals surface area contributed by atoms with E-state index in [0.717, 1.165) is 0 Å². The lowest BCUT2D eigenvalue weighted by Gasteiger charge is -2.08. The third-order valence-corrected chi connectivity index (χ3v) is 3.88. The zero-order chi connectivity index (χ0) is 17.8. The fourth-order valence-electron chi connectivity index (χ4n) is 2.42. The van der Waals surface area contributed by atoms with E-state index in [1.165, 1.54) is 0 Å². The summed E-state index contributed by atoms with van der Waals surface area (Å²) in [5.74, 6) is -0.481. The van der Waals surface area contributed by atoms with Crippen molar-refractivity contribution in [2.45, 2.75) is 19.6 Å². The van der Waals surface area contributed by atoms with Gasteiger partial charge >= 0.3 is 0 Å². The van der Waals surface area contributed by atoms with Gasteiger partial charge in [-0.1, -0.05) is 35.0 Å². The highest BCUT2D eigenvalue weighted by Crippen LogP contribution is 2.31. The number of nitrogens with one attached hydrogen (secondary N) is 1.